The molecule has 7 nitrogen and oxygen atoms in total. The van der Waals surface area contributed by atoms with Crippen LogP contribution in [0.5, 0.6) is 0 Å². The van der Waals surface area contributed by atoms with Crippen LogP contribution >= 0.6 is 23.1 Å². The monoisotopic (exact) mass is 388 g/mol. The van der Waals surface area contributed by atoms with Crippen molar-refractivity contribution in [3.05, 3.63) is 45.5 Å². The van der Waals surface area contributed by atoms with Crippen molar-refractivity contribution in [1.29, 1.82) is 0 Å². The molecule has 0 bridgehead atoms. The van der Waals surface area contributed by atoms with Crippen molar-refractivity contribution in [3.63, 3.8) is 0 Å². The molecule has 0 amide bonds. The van der Waals surface area contributed by atoms with Crippen LogP contribution in [-0.2, 0) is 6.54 Å². The minimum absolute atomic E-state index is 0.327. The average Bonchev–Trinajstić information content (AvgIpc) is 3.29. The van der Waals surface area contributed by atoms with Gasteiger partial charge in [0.2, 0.25) is 0 Å². The van der Waals surface area contributed by atoms with E-state index in [9.17, 15) is 4.79 Å². The third-order valence-corrected chi connectivity index (χ3v) is 5.80. The number of nitrogens with zero attached hydrogens (tertiary/aromatic N) is 4. The molecule has 4 rings (SSSR count). The van der Waals surface area contributed by atoms with Crippen LogP contribution in [0, 0.1) is 13.8 Å². The van der Waals surface area contributed by atoms with Crippen molar-refractivity contribution in [2.24, 2.45) is 0 Å². The summed E-state index contributed by atoms with van der Waals surface area (Å²) in [4.78, 5) is 17.2. The Kier molecular flexibility index (Phi) is 4.64. The second-order valence-electron chi connectivity index (χ2n) is 5.71. The lowest BCUT2D eigenvalue weighted by molar-refractivity contribution is 0.466. The van der Waals surface area contributed by atoms with Gasteiger partial charge in [-0.25, -0.2) is 9.78 Å². The SMILES string of the molecule is Cc1nc(C)c(-c2nnc(SCCCn3c(=O)oc4ccccc43)o2)s1. The molecule has 0 aliphatic rings. The smallest absolute Gasteiger partial charge is 0.410 e. The summed E-state index contributed by atoms with van der Waals surface area (Å²) >= 11 is 3.02. The number of oxazole rings is 1. The molecule has 0 atom stereocenters. The van der Waals surface area contributed by atoms with Gasteiger partial charge in [-0.15, -0.1) is 21.5 Å². The molecule has 0 saturated heterocycles. The third kappa shape index (κ3) is 3.32. The molecule has 0 N–H and O–H groups in total. The van der Waals surface area contributed by atoms with Crippen LogP contribution in [0.4, 0.5) is 0 Å². The molecule has 0 aliphatic heterocycles. The Morgan fingerprint density at radius 2 is 2.04 bits per heavy atom. The number of thiazole rings is 1. The summed E-state index contributed by atoms with van der Waals surface area (Å²) in [6, 6.07) is 7.43. The zero-order chi connectivity index (χ0) is 18.1. The van der Waals surface area contributed by atoms with Crippen LogP contribution < -0.4 is 5.76 Å². The Labute approximate surface area is 157 Å². The topological polar surface area (TPSA) is 87.0 Å². The number of hydrogen-bond acceptors (Lipinski definition) is 8. The van der Waals surface area contributed by atoms with E-state index >= 15 is 0 Å². The number of aromatic nitrogens is 4. The number of hydrogen-bond donors (Lipinski definition) is 0. The minimum Gasteiger partial charge on any atom is -0.410 e. The van der Waals surface area contributed by atoms with Crippen LogP contribution in [0.15, 0.2) is 43.1 Å². The van der Waals surface area contributed by atoms with Crippen molar-refractivity contribution >= 4 is 34.2 Å². The Morgan fingerprint density at radius 3 is 2.85 bits per heavy atom. The first kappa shape index (κ1) is 17.0. The normalized spacial score (nSPS) is 11.5. The molecular weight excluding hydrogens is 372 g/mol. The van der Waals surface area contributed by atoms with E-state index in [-0.39, 0.29) is 5.76 Å². The maximum Gasteiger partial charge on any atom is 0.419 e. The molecule has 1 aromatic carbocycles. The largest absolute Gasteiger partial charge is 0.419 e. The summed E-state index contributed by atoms with van der Waals surface area (Å²) in [7, 11) is 0. The molecule has 4 aromatic rings. The van der Waals surface area contributed by atoms with Gasteiger partial charge < -0.3 is 8.83 Å². The van der Waals surface area contributed by atoms with Crippen LogP contribution in [0.3, 0.4) is 0 Å². The van der Waals surface area contributed by atoms with Crippen molar-refractivity contribution in [2.75, 3.05) is 5.75 Å². The predicted octanol–water partition coefficient (Wildman–Crippen LogP) is 3.90. The standard InChI is InChI=1S/C17H16N4O3S2/c1-10-14(26-11(2)18-10)15-19-20-16(24-15)25-9-5-8-21-12-6-3-4-7-13(12)23-17(21)22/h3-4,6-7H,5,8-9H2,1-2H3. The highest BCUT2D eigenvalue weighted by molar-refractivity contribution is 7.99. The van der Waals surface area contributed by atoms with Crippen LogP contribution in [0.1, 0.15) is 17.1 Å². The van der Waals surface area contributed by atoms with Crippen molar-refractivity contribution in [1.82, 2.24) is 19.7 Å². The van der Waals surface area contributed by atoms with E-state index in [1.54, 1.807) is 22.0 Å². The molecular formula is C17H16N4O3S2. The maximum atomic E-state index is 11.9. The molecule has 0 fully saturated rings. The molecule has 0 unspecified atom stereocenters. The van der Waals surface area contributed by atoms with Gasteiger partial charge in [0.25, 0.3) is 11.1 Å². The molecule has 3 heterocycles. The molecule has 9 heteroatoms. The fourth-order valence-corrected chi connectivity index (χ4v) is 4.22. The van der Waals surface area contributed by atoms with Gasteiger partial charge in [-0.3, -0.25) is 4.57 Å². The third-order valence-electron chi connectivity index (χ3n) is 3.83. The second-order valence-corrected chi connectivity index (χ2v) is 7.96. The van der Waals surface area contributed by atoms with Crippen LogP contribution in [0.25, 0.3) is 21.9 Å². The molecule has 0 saturated carbocycles. The molecule has 0 radical (unpaired) electrons. The van der Waals surface area contributed by atoms with Gasteiger partial charge in [0, 0.05) is 12.3 Å². The maximum absolute atomic E-state index is 11.9. The Balaban J connectivity index is 1.37. The van der Waals surface area contributed by atoms with E-state index in [1.165, 1.54) is 11.8 Å². The number of thioether (sulfide) groups is 1. The average molecular weight is 388 g/mol. The van der Waals surface area contributed by atoms with Crippen molar-refractivity contribution < 1.29 is 8.83 Å². The quantitative estimate of drug-likeness (QED) is 0.366. The van der Waals surface area contributed by atoms with Gasteiger partial charge in [0.1, 0.15) is 4.88 Å². The summed E-state index contributed by atoms with van der Waals surface area (Å²) in [6.07, 6.45) is 0.782. The van der Waals surface area contributed by atoms with Gasteiger partial charge in [-0.2, -0.15) is 0 Å². The highest BCUT2D eigenvalue weighted by atomic mass is 32.2. The van der Waals surface area contributed by atoms with Crippen molar-refractivity contribution in [2.45, 2.75) is 32.0 Å². The van der Waals surface area contributed by atoms with Gasteiger partial charge in [-0.05, 0) is 32.4 Å². The summed E-state index contributed by atoms with van der Waals surface area (Å²) in [5.74, 6) is 0.939. The summed E-state index contributed by atoms with van der Waals surface area (Å²) in [5, 5.41) is 9.69. The second kappa shape index (κ2) is 7.08. The summed E-state index contributed by atoms with van der Waals surface area (Å²) in [6.45, 7) is 4.47. The first-order chi connectivity index (χ1) is 12.6. The number of para-hydroxylation sites is 2. The van der Waals surface area contributed by atoms with Gasteiger partial charge >= 0.3 is 5.76 Å². The minimum atomic E-state index is -0.327. The fourth-order valence-electron chi connectivity index (χ4n) is 2.70. The van der Waals surface area contributed by atoms with E-state index in [0.29, 0.717) is 23.2 Å². The molecule has 0 aliphatic carbocycles. The number of benzene rings is 1. The lowest BCUT2D eigenvalue weighted by Gasteiger charge is -2.00. The van der Waals surface area contributed by atoms with Gasteiger partial charge in [0.15, 0.2) is 5.58 Å². The van der Waals surface area contributed by atoms with Crippen LogP contribution in [0.2, 0.25) is 0 Å². The van der Waals surface area contributed by atoms with Gasteiger partial charge in [0.05, 0.1) is 16.2 Å². The summed E-state index contributed by atoms with van der Waals surface area (Å²) in [5.41, 5.74) is 2.33. The lowest BCUT2D eigenvalue weighted by Crippen LogP contribution is -2.14. The Hall–Kier alpha value is -2.39. The molecule has 0 spiro atoms. The van der Waals surface area contributed by atoms with E-state index in [0.717, 1.165) is 33.3 Å². The molecule has 3 aromatic heterocycles. The van der Waals surface area contributed by atoms with Crippen LogP contribution in [-0.4, -0.2) is 25.5 Å². The predicted molar refractivity (Wildman–Crippen MR) is 101 cm³/mol. The Morgan fingerprint density at radius 1 is 1.19 bits per heavy atom. The first-order valence-corrected chi connectivity index (χ1v) is 9.91. The zero-order valence-corrected chi connectivity index (χ0v) is 15.9. The van der Waals surface area contributed by atoms with Gasteiger partial charge in [-0.1, -0.05) is 23.9 Å². The fraction of sp³-hybridized carbons (Fsp3) is 0.294. The van der Waals surface area contributed by atoms with Crippen molar-refractivity contribution in [3.8, 4) is 10.8 Å². The van der Waals surface area contributed by atoms with E-state index in [1.807, 2.05) is 32.0 Å². The first-order valence-electron chi connectivity index (χ1n) is 8.11. The number of rotatable bonds is 6. The summed E-state index contributed by atoms with van der Waals surface area (Å²) < 4.78 is 12.6. The number of fused-ring (bicyclic) bond motifs is 1. The van der Waals surface area contributed by atoms with E-state index in [4.69, 9.17) is 8.83 Å². The Bertz CT molecular complexity index is 1110. The zero-order valence-electron chi connectivity index (χ0n) is 14.3. The molecule has 26 heavy (non-hydrogen) atoms. The lowest BCUT2D eigenvalue weighted by atomic mass is 10.3. The molecule has 134 valence electrons. The number of aryl methyl sites for hydroxylation is 3. The highest BCUT2D eigenvalue weighted by Crippen LogP contribution is 2.30. The van der Waals surface area contributed by atoms with E-state index in [2.05, 4.69) is 15.2 Å². The highest BCUT2D eigenvalue weighted by Gasteiger charge is 2.15. The van der Waals surface area contributed by atoms with E-state index < -0.39 is 0 Å².